The Morgan fingerprint density at radius 2 is 1.95 bits per heavy atom. The topological polar surface area (TPSA) is 21.7 Å². The van der Waals surface area contributed by atoms with E-state index in [9.17, 15) is 0 Å². The van der Waals surface area contributed by atoms with Gasteiger partial charge in [-0.1, -0.05) is 31.2 Å². The fourth-order valence-electron chi connectivity index (χ4n) is 3.18. The number of hydrogen-bond donors (Lipinski definition) is 0. The van der Waals surface area contributed by atoms with Gasteiger partial charge in [0.1, 0.15) is 0 Å². The van der Waals surface area contributed by atoms with Crippen LogP contribution in [0.2, 0.25) is 0 Å². The fraction of sp³-hybridized carbons (Fsp3) is 0.625. The zero-order chi connectivity index (χ0) is 13.8. The molecule has 3 heteroatoms. The average molecular weight is 263 g/mol. The van der Waals surface area contributed by atoms with Gasteiger partial charge >= 0.3 is 0 Å². The molecular formula is C16H25NO2. The highest BCUT2D eigenvalue weighted by Crippen LogP contribution is 2.33. The number of fused-ring (bicyclic) bond motifs is 1. The van der Waals surface area contributed by atoms with Crippen LogP contribution in [0.4, 0.5) is 0 Å². The lowest BCUT2D eigenvalue weighted by Crippen LogP contribution is -2.43. The molecular weight excluding hydrogens is 238 g/mol. The first-order chi connectivity index (χ1) is 9.17. The lowest BCUT2D eigenvalue weighted by atomic mass is 9.80. The molecule has 1 aliphatic carbocycles. The van der Waals surface area contributed by atoms with Crippen LogP contribution >= 0.6 is 0 Å². The quantitative estimate of drug-likeness (QED) is 0.762. The van der Waals surface area contributed by atoms with Crippen molar-refractivity contribution in [2.75, 3.05) is 27.8 Å². The maximum absolute atomic E-state index is 5.30. The largest absolute Gasteiger partial charge is 0.355 e. The molecule has 3 nitrogen and oxygen atoms in total. The molecule has 2 unspecified atom stereocenters. The van der Waals surface area contributed by atoms with E-state index in [1.165, 1.54) is 24.0 Å². The Morgan fingerprint density at radius 1 is 1.26 bits per heavy atom. The summed E-state index contributed by atoms with van der Waals surface area (Å²) < 4.78 is 10.6. The highest BCUT2D eigenvalue weighted by Gasteiger charge is 2.29. The van der Waals surface area contributed by atoms with Gasteiger partial charge in [-0.2, -0.15) is 0 Å². The van der Waals surface area contributed by atoms with Crippen LogP contribution in [-0.4, -0.2) is 45.0 Å². The van der Waals surface area contributed by atoms with E-state index in [0.29, 0.717) is 12.0 Å². The SMILES string of the molecule is COC(CN(C)C1CCc2ccccc2C1C)OC. The van der Waals surface area contributed by atoms with Gasteiger partial charge in [-0.3, -0.25) is 4.90 Å². The molecule has 0 amide bonds. The fourth-order valence-corrected chi connectivity index (χ4v) is 3.18. The summed E-state index contributed by atoms with van der Waals surface area (Å²) in [5, 5.41) is 0. The molecule has 106 valence electrons. The third kappa shape index (κ3) is 3.16. The molecule has 19 heavy (non-hydrogen) atoms. The van der Waals surface area contributed by atoms with Crippen molar-refractivity contribution in [3.05, 3.63) is 35.4 Å². The van der Waals surface area contributed by atoms with Gasteiger partial charge in [0, 0.05) is 26.8 Å². The molecule has 0 fully saturated rings. The van der Waals surface area contributed by atoms with Gasteiger partial charge < -0.3 is 9.47 Å². The maximum atomic E-state index is 5.30. The summed E-state index contributed by atoms with van der Waals surface area (Å²) in [5.74, 6) is 0.560. The molecule has 0 spiro atoms. The van der Waals surface area contributed by atoms with E-state index in [-0.39, 0.29) is 6.29 Å². The second kappa shape index (κ2) is 6.51. The Hall–Kier alpha value is -0.900. The lowest BCUT2D eigenvalue weighted by molar-refractivity contribution is -0.118. The van der Waals surface area contributed by atoms with Gasteiger partial charge in [0.15, 0.2) is 6.29 Å². The zero-order valence-electron chi connectivity index (χ0n) is 12.4. The van der Waals surface area contributed by atoms with Crippen LogP contribution in [0.5, 0.6) is 0 Å². The number of rotatable bonds is 5. The average Bonchev–Trinajstić information content (AvgIpc) is 2.45. The highest BCUT2D eigenvalue weighted by molar-refractivity contribution is 5.33. The van der Waals surface area contributed by atoms with Crippen molar-refractivity contribution in [2.24, 2.45) is 0 Å². The van der Waals surface area contributed by atoms with Gasteiger partial charge in [0.25, 0.3) is 0 Å². The van der Waals surface area contributed by atoms with Crippen LogP contribution in [0.1, 0.15) is 30.4 Å². The minimum atomic E-state index is -0.144. The molecule has 0 saturated carbocycles. The molecule has 2 rings (SSSR count). The summed E-state index contributed by atoms with van der Waals surface area (Å²) in [4.78, 5) is 2.37. The highest BCUT2D eigenvalue weighted by atomic mass is 16.7. The molecule has 0 aliphatic heterocycles. The minimum Gasteiger partial charge on any atom is -0.355 e. The first kappa shape index (κ1) is 14.5. The Morgan fingerprint density at radius 3 is 2.63 bits per heavy atom. The first-order valence-electron chi connectivity index (χ1n) is 7.01. The van der Waals surface area contributed by atoms with Crippen molar-refractivity contribution in [2.45, 2.75) is 38.0 Å². The first-order valence-corrected chi connectivity index (χ1v) is 7.01. The van der Waals surface area contributed by atoms with Crippen LogP contribution in [0.25, 0.3) is 0 Å². The molecule has 1 aromatic rings. The second-order valence-corrected chi connectivity index (χ2v) is 5.43. The molecule has 0 bridgehead atoms. The van der Waals surface area contributed by atoms with Crippen molar-refractivity contribution in [3.8, 4) is 0 Å². The van der Waals surface area contributed by atoms with E-state index in [4.69, 9.17) is 9.47 Å². The summed E-state index contributed by atoms with van der Waals surface area (Å²) in [6, 6.07) is 9.37. The van der Waals surface area contributed by atoms with E-state index in [1.54, 1.807) is 14.2 Å². The van der Waals surface area contributed by atoms with E-state index < -0.39 is 0 Å². The van der Waals surface area contributed by atoms with Crippen molar-refractivity contribution in [1.29, 1.82) is 0 Å². The maximum Gasteiger partial charge on any atom is 0.169 e. The van der Waals surface area contributed by atoms with Crippen molar-refractivity contribution in [1.82, 2.24) is 4.90 Å². The van der Waals surface area contributed by atoms with E-state index in [1.807, 2.05) is 0 Å². The normalized spacial score (nSPS) is 22.8. The summed E-state index contributed by atoms with van der Waals surface area (Å²) in [6.45, 7) is 3.14. The number of methoxy groups -OCH3 is 2. The van der Waals surface area contributed by atoms with Gasteiger partial charge in [-0.25, -0.2) is 0 Å². The summed E-state index contributed by atoms with van der Waals surface area (Å²) >= 11 is 0. The monoisotopic (exact) mass is 263 g/mol. The molecule has 1 aliphatic rings. The molecule has 2 atom stereocenters. The number of aryl methyl sites for hydroxylation is 1. The number of hydrogen-bond acceptors (Lipinski definition) is 3. The van der Waals surface area contributed by atoms with E-state index >= 15 is 0 Å². The summed E-state index contributed by atoms with van der Waals surface area (Å²) in [7, 11) is 5.56. The zero-order valence-corrected chi connectivity index (χ0v) is 12.4. The Kier molecular flexibility index (Phi) is 4.97. The predicted octanol–water partition coefficient (Wildman–Crippen LogP) is 2.66. The second-order valence-electron chi connectivity index (χ2n) is 5.43. The van der Waals surface area contributed by atoms with Crippen LogP contribution in [0.3, 0.4) is 0 Å². The van der Waals surface area contributed by atoms with E-state index in [2.05, 4.69) is 43.1 Å². The Bertz CT molecular complexity index is 403. The molecule has 0 saturated heterocycles. The molecule has 0 N–H and O–H groups in total. The lowest BCUT2D eigenvalue weighted by Gasteiger charge is -2.38. The third-order valence-corrected chi connectivity index (χ3v) is 4.36. The third-order valence-electron chi connectivity index (χ3n) is 4.36. The molecule has 0 radical (unpaired) electrons. The minimum absolute atomic E-state index is 0.144. The number of nitrogens with zero attached hydrogens (tertiary/aromatic N) is 1. The van der Waals surface area contributed by atoms with E-state index in [0.717, 1.165) is 6.54 Å². The van der Waals surface area contributed by atoms with Gasteiger partial charge in [0.2, 0.25) is 0 Å². The van der Waals surface area contributed by atoms with Crippen molar-refractivity contribution in [3.63, 3.8) is 0 Å². The smallest absolute Gasteiger partial charge is 0.169 e. The van der Waals surface area contributed by atoms with Gasteiger partial charge in [-0.15, -0.1) is 0 Å². The Balaban J connectivity index is 2.07. The molecule has 0 heterocycles. The Labute approximate surface area is 116 Å². The molecule has 1 aromatic carbocycles. The molecule has 0 aromatic heterocycles. The van der Waals surface area contributed by atoms with Gasteiger partial charge in [0.05, 0.1) is 0 Å². The van der Waals surface area contributed by atoms with Crippen LogP contribution in [0.15, 0.2) is 24.3 Å². The predicted molar refractivity (Wildman–Crippen MR) is 77.4 cm³/mol. The summed E-state index contributed by atoms with van der Waals surface area (Å²) in [6.07, 6.45) is 2.23. The van der Waals surface area contributed by atoms with Crippen molar-refractivity contribution < 1.29 is 9.47 Å². The van der Waals surface area contributed by atoms with Crippen LogP contribution in [0, 0.1) is 0 Å². The summed E-state index contributed by atoms with van der Waals surface area (Å²) in [5.41, 5.74) is 3.01. The number of likely N-dealkylation sites (N-methyl/N-ethyl adjacent to an activating group) is 1. The van der Waals surface area contributed by atoms with Crippen LogP contribution in [-0.2, 0) is 15.9 Å². The van der Waals surface area contributed by atoms with Gasteiger partial charge in [-0.05, 0) is 36.9 Å². The standard InChI is InChI=1S/C16H25NO2/c1-12-14-8-6-5-7-13(14)9-10-15(12)17(2)11-16(18-3)19-4/h5-8,12,15-16H,9-11H2,1-4H3. The number of ether oxygens (including phenoxy) is 2. The van der Waals surface area contributed by atoms with Crippen LogP contribution < -0.4 is 0 Å². The number of benzene rings is 1. The van der Waals surface area contributed by atoms with Crippen molar-refractivity contribution >= 4 is 0 Å².